The molecule has 1 amide bonds. The lowest BCUT2D eigenvalue weighted by Gasteiger charge is -2.36. The van der Waals surface area contributed by atoms with Crippen molar-refractivity contribution >= 4 is 23.4 Å². The largest absolute Gasteiger partial charge is 0.325 e. The maximum absolute atomic E-state index is 11.4. The summed E-state index contributed by atoms with van der Waals surface area (Å²) in [7, 11) is 0. The second-order valence-corrected chi connectivity index (χ2v) is 8.81. The van der Waals surface area contributed by atoms with E-state index in [9.17, 15) is 4.79 Å². The second kappa shape index (κ2) is 16.9. The van der Waals surface area contributed by atoms with E-state index in [4.69, 9.17) is 0 Å². The highest BCUT2D eigenvalue weighted by Gasteiger charge is 2.17. The van der Waals surface area contributed by atoms with Crippen molar-refractivity contribution in [1.29, 1.82) is 0 Å². The summed E-state index contributed by atoms with van der Waals surface area (Å²) in [4.78, 5) is 16.5. The fourth-order valence-corrected chi connectivity index (χ4v) is 3.34. The van der Waals surface area contributed by atoms with Crippen LogP contribution in [0.5, 0.6) is 0 Å². The van der Waals surface area contributed by atoms with Gasteiger partial charge < -0.3 is 10.2 Å². The summed E-state index contributed by atoms with van der Waals surface area (Å²) in [6, 6.07) is 10.2. The van der Waals surface area contributed by atoms with Crippen molar-refractivity contribution in [1.82, 2.24) is 9.80 Å². The van der Waals surface area contributed by atoms with Crippen LogP contribution in [0.1, 0.15) is 54.9 Å². The van der Waals surface area contributed by atoms with Gasteiger partial charge in [-0.05, 0) is 44.2 Å². The molecule has 1 aliphatic heterocycles. The number of nitrogens with one attached hydrogen (secondary N) is 1. The third-order valence-electron chi connectivity index (χ3n) is 4.28. The molecule has 1 aromatic carbocycles. The minimum Gasteiger partial charge on any atom is -0.325 e. The van der Waals surface area contributed by atoms with Gasteiger partial charge in [-0.1, -0.05) is 52.8 Å². The van der Waals surface area contributed by atoms with E-state index < -0.39 is 0 Å². The van der Waals surface area contributed by atoms with Crippen LogP contribution >= 0.6 is 11.8 Å². The molecule has 1 saturated heterocycles. The number of hydrogen-bond acceptors (Lipinski definition) is 4. The van der Waals surface area contributed by atoms with Crippen LogP contribution in [-0.4, -0.2) is 65.5 Å². The first kappa shape index (κ1) is 27.0. The molecule has 1 fully saturated rings. The molecule has 162 valence electrons. The van der Waals surface area contributed by atoms with E-state index in [1.54, 1.807) is 11.8 Å². The summed E-state index contributed by atoms with van der Waals surface area (Å²) >= 11 is 1.65. The molecule has 0 aliphatic carbocycles. The molecule has 28 heavy (non-hydrogen) atoms. The van der Waals surface area contributed by atoms with Crippen molar-refractivity contribution < 1.29 is 4.79 Å². The third-order valence-corrected chi connectivity index (χ3v) is 5.38. The van der Waals surface area contributed by atoms with E-state index >= 15 is 0 Å². The van der Waals surface area contributed by atoms with Gasteiger partial charge in [0.2, 0.25) is 5.91 Å². The molecule has 1 heterocycles. The Morgan fingerprint density at radius 3 is 2.07 bits per heavy atom. The molecule has 0 unspecified atom stereocenters. The summed E-state index contributed by atoms with van der Waals surface area (Å²) in [6.07, 6.45) is 1.29. The minimum atomic E-state index is 0.0647. The van der Waals surface area contributed by atoms with Gasteiger partial charge in [0.15, 0.2) is 0 Å². The Hall–Kier alpha value is -1.04. The molecule has 0 radical (unpaired) electrons. The van der Waals surface area contributed by atoms with Crippen LogP contribution in [0.15, 0.2) is 30.3 Å². The molecule has 1 N–H and O–H groups in total. The van der Waals surface area contributed by atoms with E-state index in [0.717, 1.165) is 11.7 Å². The Bertz CT molecular complexity index is 486. The van der Waals surface area contributed by atoms with Gasteiger partial charge in [-0.25, -0.2) is 0 Å². The predicted octanol–water partition coefficient (Wildman–Crippen LogP) is 5.22. The number of carbonyl (C=O) groups is 1. The summed E-state index contributed by atoms with van der Waals surface area (Å²) in [5.74, 6) is 0.585. The Kier molecular flexibility index (Phi) is 16.2. The van der Waals surface area contributed by atoms with Crippen molar-refractivity contribution in [3.05, 3.63) is 30.3 Å². The molecular weight excluding hydrogens is 366 g/mol. The fraction of sp³-hybridized carbons (Fsp3) is 0.696. The molecule has 1 aromatic rings. The number of para-hydroxylation sites is 1. The van der Waals surface area contributed by atoms with Gasteiger partial charge in [-0.2, -0.15) is 0 Å². The Labute approximate surface area is 178 Å². The van der Waals surface area contributed by atoms with E-state index in [2.05, 4.69) is 49.7 Å². The SMILES string of the molecule is CC.CC(C)SCC(=O)Nc1ccccc1.CCCN1CCN(C(C)C)CC1. The summed E-state index contributed by atoms with van der Waals surface area (Å²) in [5.41, 5.74) is 0.863. The molecule has 0 saturated carbocycles. The fourth-order valence-electron chi connectivity index (χ4n) is 2.78. The lowest BCUT2D eigenvalue weighted by Crippen LogP contribution is -2.48. The highest BCUT2D eigenvalue weighted by atomic mass is 32.2. The van der Waals surface area contributed by atoms with Crippen molar-refractivity contribution in [2.45, 2.75) is 66.2 Å². The molecule has 0 spiro atoms. The van der Waals surface area contributed by atoms with E-state index in [-0.39, 0.29) is 5.91 Å². The van der Waals surface area contributed by atoms with Crippen LogP contribution in [0.25, 0.3) is 0 Å². The summed E-state index contributed by atoms with van der Waals surface area (Å²) in [6.45, 7) is 21.3. The molecule has 1 aliphatic rings. The first-order chi connectivity index (χ1) is 13.4. The van der Waals surface area contributed by atoms with Crippen molar-refractivity contribution in [3.8, 4) is 0 Å². The maximum atomic E-state index is 11.4. The smallest absolute Gasteiger partial charge is 0.234 e. The minimum absolute atomic E-state index is 0.0647. The van der Waals surface area contributed by atoms with E-state index in [1.807, 2.05) is 44.2 Å². The molecule has 2 rings (SSSR count). The van der Waals surface area contributed by atoms with Crippen LogP contribution in [-0.2, 0) is 4.79 Å². The highest BCUT2D eigenvalue weighted by Crippen LogP contribution is 2.10. The average Bonchev–Trinajstić information content (AvgIpc) is 2.70. The predicted molar refractivity (Wildman–Crippen MR) is 127 cm³/mol. The van der Waals surface area contributed by atoms with Gasteiger partial charge in [0.25, 0.3) is 0 Å². The normalized spacial score (nSPS) is 14.8. The Morgan fingerprint density at radius 1 is 1.04 bits per heavy atom. The number of nitrogens with zero attached hydrogens (tertiary/aromatic N) is 2. The van der Waals surface area contributed by atoms with E-state index in [0.29, 0.717) is 11.0 Å². The summed E-state index contributed by atoms with van der Waals surface area (Å²) < 4.78 is 0. The third kappa shape index (κ3) is 13.2. The van der Waals surface area contributed by atoms with Gasteiger partial charge >= 0.3 is 0 Å². The standard InChI is InChI=1S/C11H15NOS.C10H22N2.C2H6/c1-9(2)14-8-11(13)12-10-6-4-3-5-7-10;1-4-5-11-6-8-12(9-7-11)10(2)3;1-2/h3-7,9H,8H2,1-2H3,(H,12,13);10H,4-9H2,1-3H3;1-2H3. The van der Waals surface area contributed by atoms with Crippen molar-refractivity contribution in [3.63, 3.8) is 0 Å². The zero-order chi connectivity index (χ0) is 21.4. The van der Waals surface area contributed by atoms with Crippen LogP contribution in [0.3, 0.4) is 0 Å². The number of carbonyl (C=O) groups excluding carboxylic acids is 1. The molecule has 5 heteroatoms. The zero-order valence-electron chi connectivity index (χ0n) is 19.2. The van der Waals surface area contributed by atoms with Gasteiger partial charge in [-0.15, -0.1) is 11.8 Å². The topological polar surface area (TPSA) is 35.6 Å². The number of anilines is 1. The first-order valence-corrected chi connectivity index (χ1v) is 11.9. The molecule has 0 aromatic heterocycles. The Balaban J connectivity index is 0.000000483. The maximum Gasteiger partial charge on any atom is 0.234 e. The highest BCUT2D eigenvalue weighted by molar-refractivity contribution is 8.00. The lowest BCUT2D eigenvalue weighted by atomic mass is 10.2. The molecule has 0 atom stereocenters. The zero-order valence-corrected chi connectivity index (χ0v) is 20.0. The number of hydrogen-bond donors (Lipinski definition) is 1. The number of benzene rings is 1. The van der Waals surface area contributed by atoms with Crippen molar-refractivity contribution in [2.75, 3.05) is 43.8 Å². The second-order valence-electron chi connectivity index (χ2n) is 7.25. The molecular formula is C23H43N3OS. The van der Waals surface area contributed by atoms with E-state index in [1.165, 1.54) is 39.1 Å². The molecule has 0 bridgehead atoms. The number of piperazine rings is 1. The van der Waals surface area contributed by atoms with Gasteiger partial charge in [0.05, 0.1) is 5.75 Å². The van der Waals surface area contributed by atoms with Gasteiger partial charge in [-0.3, -0.25) is 9.69 Å². The number of rotatable bonds is 7. The average molecular weight is 410 g/mol. The quantitative estimate of drug-likeness (QED) is 0.670. The first-order valence-electron chi connectivity index (χ1n) is 10.8. The lowest BCUT2D eigenvalue weighted by molar-refractivity contribution is -0.113. The van der Waals surface area contributed by atoms with Gasteiger partial charge in [0, 0.05) is 37.9 Å². The van der Waals surface area contributed by atoms with Crippen LogP contribution < -0.4 is 5.32 Å². The number of thioether (sulfide) groups is 1. The van der Waals surface area contributed by atoms with Gasteiger partial charge in [0.1, 0.15) is 0 Å². The van der Waals surface area contributed by atoms with Crippen molar-refractivity contribution in [2.24, 2.45) is 0 Å². The summed E-state index contributed by atoms with van der Waals surface area (Å²) in [5, 5.41) is 3.33. The van der Waals surface area contributed by atoms with Crippen LogP contribution in [0.4, 0.5) is 5.69 Å². The monoisotopic (exact) mass is 409 g/mol. The number of amides is 1. The Morgan fingerprint density at radius 2 is 1.61 bits per heavy atom. The van der Waals surface area contributed by atoms with Crippen LogP contribution in [0.2, 0.25) is 0 Å². The molecule has 4 nitrogen and oxygen atoms in total. The van der Waals surface area contributed by atoms with Crippen LogP contribution in [0, 0.1) is 0 Å².